The Balaban J connectivity index is 2.38. The molecule has 0 amide bonds. The standard InChI is InChI=1S/C14H22ClN3O2S/c1-9-5-11(15)14(6-12(9)16)21(19,20)18-7-10(2)13(8-18)17(3)4/h5-6,10,13H,7-8,16H2,1-4H3. The van der Waals surface area contributed by atoms with Crippen LogP contribution in [0.3, 0.4) is 0 Å². The van der Waals surface area contributed by atoms with Crippen molar-refractivity contribution in [1.29, 1.82) is 0 Å². The summed E-state index contributed by atoms with van der Waals surface area (Å²) in [7, 11) is 0.320. The van der Waals surface area contributed by atoms with Crippen molar-refractivity contribution in [2.45, 2.75) is 24.8 Å². The van der Waals surface area contributed by atoms with Gasteiger partial charge in [-0.15, -0.1) is 0 Å². The lowest BCUT2D eigenvalue weighted by molar-refractivity contribution is 0.263. The van der Waals surface area contributed by atoms with Crippen LogP contribution in [-0.4, -0.2) is 50.8 Å². The van der Waals surface area contributed by atoms with Gasteiger partial charge in [-0.1, -0.05) is 18.5 Å². The van der Waals surface area contributed by atoms with Gasteiger partial charge in [0.1, 0.15) is 4.90 Å². The molecular formula is C14H22ClN3O2S. The van der Waals surface area contributed by atoms with Crippen LogP contribution < -0.4 is 5.73 Å². The lowest BCUT2D eigenvalue weighted by atomic mass is 10.1. The Bertz CT molecular complexity index is 646. The van der Waals surface area contributed by atoms with Gasteiger partial charge in [0.2, 0.25) is 10.0 Å². The number of aryl methyl sites for hydroxylation is 1. The summed E-state index contributed by atoms with van der Waals surface area (Å²) in [5.74, 6) is 0.274. The average molecular weight is 332 g/mol. The molecule has 7 heteroatoms. The number of nitrogens with zero attached hydrogens (tertiary/aromatic N) is 2. The molecule has 2 unspecified atom stereocenters. The van der Waals surface area contributed by atoms with Crippen LogP contribution in [-0.2, 0) is 10.0 Å². The minimum atomic E-state index is -3.61. The first kappa shape index (κ1) is 16.5. The van der Waals surface area contributed by atoms with E-state index in [1.54, 1.807) is 13.0 Å². The number of halogens is 1. The Kier molecular flexibility index (Phi) is 4.54. The van der Waals surface area contributed by atoms with E-state index >= 15 is 0 Å². The van der Waals surface area contributed by atoms with Crippen molar-refractivity contribution in [3.8, 4) is 0 Å². The van der Waals surface area contributed by atoms with E-state index in [1.807, 2.05) is 14.1 Å². The van der Waals surface area contributed by atoms with Gasteiger partial charge in [0.25, 0.3) is 0 Å². The van der Waals surface area contributed by atoms with Crippen molar-refractivity contribution in [2.24, 2.45) is 5.92 Å². The summed E-state index contributed by atoms with van der Waals surface area (Å²) in [6.45, 7) is 4.83. The van der Waals surface area contributed by atoms with Gasteiger partial charge in [-0.3, -0.25) is 0 Å². The van der Waals surface area contributed by atoms with E-state index in [2.05, 4.69) is 11.8 Å². The number of sulfonamides is 1. The zero-order valence-electron chi connectivity index (χ0n) is 12.8. The van der Waals surface area contributed by atoms with E-state index in [-0.39, 0.29) is 21.9 Å². The molecule has 0 spiro atoms. The van der Waals surface area contributed by atoms with Crippen LogP contribution in [0.15, 0.2) is 17.0 Å². The topological polar surface area (TPSA) is 66.6 Å². The molecule has 0 bridgehead atoms. The molecule has 0 saturated carbocycles. The maximum absolute atomic E-state index is 12.8. The fraction of sp³-hybridized carbons (Fsp3) is 0.571. The summed E-state index contributed by atoms with van der Waals surface area (Å²) in [6, 6.07) is 3.27. The van der Waals surface area contributed by atoms with Gasteiger partial charge >= 0.3 is 0 Å². The zero-order chi connectivity index (χ0) is 15.9. The predicted octanol–water partition coefficient (Wildman–Crippen LogP) is 1.80. The van der Waals surface area contributed by atoms with Crippen LogP contribution in [0.2, 0.25) is 5.02 Å². The van der Waals surface area contributed by atoms with E-state index in [0.717, 1.165) is 5.56 Å². The second-order valence-electron chi connectivity index (χ2n) is 5.97. The van der Waals surface area contributed by atoms with Gasteiger partial charge in [-0.2, -0.15) is 4.31 Å². The molecule has 1 aliphatic rings. The number of hydrogen-bond donors (Lipinski definition) is 1. The van der Waals surface area contributed by atoms with Crippen LogP contribution in [0.25, 0.3) is 0 Å². The summed E-state index contributed by atoms with van der Waals surface area (Å²) >= 11 is 6.13. The molecule has 21 heavy (non-hydrogen) atoms. The summed E-state index contributed by atoms with van der Waals surface area (Å²) in [5.41, 5.74) is 7.05. The molecule has 2 N–H and O–H groups in total. The quantitative estimate of drug-likeness (QED) is 0.858. The highest BCUT2D eigenvalue weighted by Gasteiger charge is 2.38. The molecule has 1 saturated heterocycles. The molecule has 1 heterocycles. The molecule has 1 aromatic carbocycles. The SMILES string of the molecule is Cc1cc(Cl)c(S(=O)(=O)N2CC(C)C(N(C)C)C2)cc1N. The summed E-state index contributed by atoms with van der Waals surface area (Å²) < 4.78 is 27.1. The van der Waals surface area contributed by atoms with Crippen LogP contribution in [0.5, 0.6) is 0 Å². The Morgan fingerprint density at radius 3 is 2.48 bits per heavy atom. The first-order chi connectivity index (χ1) is 9.64. The van der Waals surface area contributed by atoms with Crippen LogP contribution >= 0.6 is 11.6 Å². The summed E-state index contributed by atoms with van der Waals surface area (Å²) in [4.78, 5) is 2.16. The van der Waals surface area contributed by atoms with Crippen molar-refractivity contribution in [3.63, 3.8) is 0 Å². The van der Waals surface area contributed by atoms with E-state index in [0.29, 0.717) is 18.8 Å². The smallest absolute Gasteiger partial charge is 0.244 e. The van der Waals surface area contributed by atoms with Crippen molar-refractivity contribution < 1.29 is 8.42 Å². The molecule has 5 nitrogen and oxygen atoms in total. The Hall–Kier alpha value is -0.820. The van der Waals surface area contributed by atoms with Gasteiger partial charge in [-0.25, -0.2) is 8.42 Å². The number of benzene rings is 1. The molecule has 0 aromatic heterocycles. The second kappa shape index (κ2) is 5.76. The predicted molar refractivity (Wildman–Crippen MR) is 86.0 cm³/mol. The minimum Gasteiger partial charge on any atom is -0.398 e. The first-order valence-corrected chi connectivity index (χ1v) is 8.68. The molecule has 1 aliphatic heterocycles. The highest BCUT2D eigenvalue weighted by atomic mass is 35.5. The Morgan fingerprint density at radius 2 is 1.95 bits per heavy atom. The summed E-state index contributed by atoms with van der Waals surface area (Å²) in [6.07, 6.45) is 0. The maximum Gasteiger partial charge on any atom is 0.244 e. The molecule has 0 aliphatic carbocycles. The minimum absolute atomic E-state index is 0.0962. The van der Waals surface area contributed by atoms with Crippen LogP contribution in [0, 0.1) is 12.8 Å². The highest BCUT2D eigenvalue weighted by molar-refractivity contribution is 7.89. The molecule has 1 fully saturated rings. The third-order valence-electron chi connectivity index (χ3n) is 4.14. The fourth-order valence-corrected chi connectivity index (χ4v) is 4.93. The van der Waals surface area contributed by atoms with E-state index < -0.39 is 10.0 Å². The highest BCUT2D eigenvalue weighted by Crippen LogP contribution is 2.32. The number of rotatable bonds is 3. The van der Waals surface area contributed by atoms with Gasteiger partial charge in [0, 0.05) is 24.8 Å². The average Bonchev–Trinajstić information content (AvgIpc) is 2.76. The number of hydrogen-bond acceptors (Lipinski definition) is 4. The normalized spacial score (nSPS) is 23.9. The van der Waals surface area contributed by atoms with Gasteiger partial charge < -0.3 is 10.6 Å². The van der Waals surface area contributed by atoms with Crippen LogP contribution in [0.1, 0.15) is 12.5 Å². The van der Waals surface area contributed by atoms with Gasteiger partial charge in [0.05, 0.1) is 5.02 Å². The van der Waals surface area contributed by atoms with Gasteiger partial charge in [0.15, 0.2) is 0 Å². The molecule has 2 rings (SSSR count). The molecule has 2 atom stereocenters. The largest absolute Gasteiger partial charge is 0.398 e. The number of nitrogen functional groups attached to an aromatic ring is 1. The van der Waals surface area contributed by atoms with E-state index in [9.17, 15) is 8.42 Å². The van der Waals surface area contributed by atoms with Gasteiger partial charge in [-0.05, 0) is 44.6 Å². The third-order valence-corrected chi connectivity index (χ3v) is 6.44. The fourth-order valence-electron chi connectivity index (χ4n) is 2.78. The number of nitrogens with two attached hydrogens (primary N) is 1. The lowest BCUT2D eigenvalue weighted by Gasteiger charge is -2.22. The zero-order valence-corrected chi connectivity index (χ0v) is 14.4. The molecule has 0 radical (unpaired) electrons. The molecule has 1 aromatic rings. The molecule has 118 valence electrons. The summed E-state index contributed by atoms with van der Waals surface area (Å²) in [5, 5.41) is 0.225. The second-order valence-corrected chi connectivity index (χ2v) is 8.28. The monoisotopic (exact) mass is 331 g/mol. The van der Waals surface area contributed by atoms with Crippen molar-refractivity contribution >= 4 is 27.3 Å². The first-order valence-electron chi connectivity index (χ1n) is 6.86. The molecular weight excluding hydrogens is 310 g/mol. The number of likely N-dealkylation sites (N-methyl/N-ethyl adjacent to an activating group) is 1. The number of anilines is 1. The van der Waals surface area contributed by atoms with E-state index in [4.69, 9.17) is 17.3 Å². The lowest BCUT2D eigenvalue weighted by Crippen LogP contribution is -2.35. The van der Waals surface area contributed by atoms with Crippen molar-refractivity contribution in [1.82, 2.24) is 9.21 Å². The Labute approximate surface area is 131 Å². The third kappa shape index (κ3) is 3.04. The van der Waals surface area contributed by atoms with Crippen molar-refractivity contribution in [2.75, 3.05) is 32.9 Å². The maximum atomic E-state index is 12.8. The van der Waals surface area contributed by atoms with Crippen LogP contribution in [0.4, 0.5) is 5.69 Å². The Morgan fingerprint density at radius 1 is 1.33 bits per heavy atom. The van der Waals surface area contributed by atoms with E-state index in [1.165, 1.54) is 10.4 Å². The van der Waals surface area contributed by atoms with Crippen molar-refractivity contribution in [3.05, 3.63) is 22.7 Å².